The van der Waals surface area contributed by atoms with Crippen molar-refractivity contribution in [1.82, 2.24) is 10.6 Å². The molecule has 3 rings (SSSR count). The monoisotopic (exact) mass is 407 g/mol. The van der Waals surface area contributed by atoms with Gasteiger partial charge in [-0.25, -0.2) is 0 Å². The molecule has 1 atom stereocenters. The maximum absolute atomic E-state index is 12.8. The summed E-state index contributed by atoms with van der Waals surface area (Å²) in [5, 5.41) is 11.7. The standard InChI is InChI=1S/C16H14BrN3OS2/c1-9-13(15(21)19-11-6-4-10(17)5-7-11)14(20-16(22)18-9)12-3-2-8-23-12/h2-8,14H,1H3,(H,19,21)(H2,18,20,22)/t14-/m0/s1. The molecule has 0 saturated carbocycles. The molecule has 2 aromatic rings. The number of amides is 1. The Kier molecular flexibility index (Phi) is 4.79. The molecule has 3 N–H and O–H groups in total. The number of thiophene rings is 1. The zero-order valence-electron chi connectivity index (χ0n) is 12.2. The molecule has 0 bridgehead atoms. The third kappa shape index (κ3) is 3.63. The van der Waals surface area contributed by atoms with Crippen molar-refractivity contribution in [3.63, 3.8) is 0 Å². The number of rotatable bonds is 3. The van der Waals surface area contributed by atoms with Gasteiger partial charge in [-0.3, -0.25) is 4.79 Å². The van der Waals surface area contributed by atoms with E-state index < -0.39 is 0 Å². The van der Waals surface area contributed by atoms with Crippen LogP contribution >= 0.6 is 39.5 Å². The first kappa shape index (κ1) is 16.2. The fourth-order valence-electron chi connectivity index (χ4n) is 2.40. The highest BCUT2D eigenvalue weighted by atomic mass is 79.9. The van der Waals surface area contributed by atoms with Gasteiger partial charge in [0.15, 0.2) is 5.11 Å². The number of nitrogens with one attached hydrogen (secondary N) is 3. The predicted octanol–water partition coefficient (Wildman–Crippen LogP) is 3.94. The molecule has 1 aromatic heterocycles. The van der Waals surface area contributed by atoms with E-state index in [0.29, 0.717) is 10.7 Å². The molecule has 2 heterocycles. The molecule has 1 aromatic carbocycles. The minimum atomic E-state index is -0.237. The molecule has 0 spiro atoms. The molecule has 4 nitrogen and oxygen atoms in total. The van der Waals surface area contributed by atoms with Crippen molar-refractivity contribution in [1.29, 1.82) is 0 Å². The first-order chi connectivity index (χ1) is 11.0. The molecular formula is C16H14BrN3OS2. The summed E-state index contributed by atoms with van der Waals surface area (Å²) in [7, 11) is 0. The summed E-state index contributed by atoms with van der Waals surface area (Å²) in [4.78, 5) is 13.8. The van der Waals surface area contributed by atoms with E-state index in [1.807, 2.05) is 48.7 Å². The van der Waals surface area contributed by atoms with Crippen LogP contribution in [0.1, 0.15) is 17.8 Å². The van der Waals surface area contributed by atoms with Crippen LogP contribution in [-0.4, -0.2) is 11.0 Å². The Bertz CT molecular complexity index is 769. The number of thiocarbonyl (C=S) groups is 1. The number of carbonyl (C=O) groups is 1. The Labute approximate surface area is 152 Å². The van der Waals surface area contributed by atoms with Crippen LogP contribution in [0, 0.1) is 0 Å². The molecule has 1 aliphatic rings. The van der Waals surface area contributed by atoms with E-state index in [-0.39, 0.29) is 11.9 Å². The number of hydrogen-bond acceptors (Lipinski definition) is 3. The van der Waals surface area contributed by atoms with Gasteiger partial charge in [-0.2, -0.15) is 0 Å². The molecular weight excluding hydrogens is 394 g/mol. The van der Waals surface area contributed by atoms with Gasteiger partial charge >= 0.3 is 0 Å². The van der Waals surface area contributed by atoms with E-state index >= 15 is 0 Å². The zero-order chi connectivity index (χ0) is 16.4. The largest absolute Gasteiger partial charge is 0.350 e. The fourth-order valence-corrected chi connectivity index (χ4v) is 3.71. The van der Waals surface area contributed by atoms with Crippen molar-refractivity contribution in [2.45, 2.75) is 13.0 Å². The molecule has 0 unspecified atom stereocenters. The maximum atomic E-state index is 12.8. The third-order valence-electron chi connectivity index (χ3n) is 3.44. The number of carbonyl (C=O) groups excluding carboxylic acids is 1. The van der Waals surface area contributed by atoms with Crippen molar-refractivity contribution < 1.29 is 4.79 Å². The molecule has 23 heavy (non-hydrogen) atoms. The van der Waals surface area contributed by atoms with E-state index in [0.717, 1.165) is 20.7 Å². The molecule has 1 amide bonds. The minimum absolute atomic E-state index is 0.147. The number of allylic oxidation sites excluding steroid dienone is 1. The summed E-state index contributed by atoms with van der Waals surface area (Å²) in [5.74, 6) is -0.147. The van der Waals surface area contributed by atoms with Crippen LogP contribution in [0.25, 0.3) is 0 Å². The highest BCUT2D eigenvalue weighted by molar-refractivity contribution is 9.10. The normalized spacial score (nSPS) is 17.5. The smallest absolute Gasteiger partial charge is 0.255 e. The second-order valence-electron chi connectivity index (χ2n) is 5.05. The summed E-state index contributed by atoms with van der Waals surface area (Å²) in [6.45, 7) is 1.87. The van der Waals surface area contributed by atoms with Crippen molar-refractivity contribution >= 4 is 56.2 Å². The Balaban J connectivity index is 1.90. The lowest BCUT2D eigenvalue weighted by molar-refractivity contribution is -0.113. The Morgan fingerprint density at radius 1 is 1.30 bits per heavy atom. The highest BCUT2D eigenvalue weighted by Crippen LogP contribution is 2.30. The van der Waals surface area contributed by atoms with Crippen LogP contribution < -0.4 is 16.0 Å². The van der Waals surface area contributed by atoms with E-state index in [1.54, 1.807) is 11.3 Å². The maximum Gasteiger partial charge on any atom is 0.255 e. The van der Waals surface area contributed by atoms with Gasteiger partial charge in [-0.05, 0) is 54.9 Å². The van der Waals surface area contributed by atoms with Gasteiger partial charge in [0.05, 0.1) is 11.6 Å². The van der Waals surface area contributed by atoms with Gasteiger partial charge < -0.3 is 16.0 Å². The second kappa shape index (κ2) is 6.82. The Morgan fingerprint density at radius 2 is 2.04 bits per heavy atom. The molecule has 7 heteroatoms. The summed E-state index contributed by atoms with van der Waals surface area (Å²) in [5.41, 5.74) is 2.15. The molecule has 0 radical (unpaired) electrons. The lowest BCUT2D eigenvalue weighted by Gasteiger charge is -2.29. The van der Waals surface area contributed by atoms with Crippen molar-refractivity contribution in [3.05, 3.63) is 62.4 Å². The fraction of sp³-hybridized carbons (Fsp3) is 0.125. The van der Waals surface area contributed by atoms with Gasteiger partial charge in [-0.15, -0.1) is 11.3 Å². The summed E-state index contributed by atoms with van der Waals surface area (Å²) >= 11 is 10.2. The van der Waals surface area contributed by atoms with Crippen LogP contribution in [-0.2, 0) is 4.79 Å². The number of anilines is 1. The first-order valence-electron chi connectivity index (χ1n) is 6.93. The molecule has 118 valence electrons. The van der Waals surface area contributed by atoms with Gasteiger partial charge in [0.25, 0.3) is 5.91 Å². The SMILES string of the molecule is CC1=C(C(=O)Nc2ccc(Br)cc2)[C@H](c2cccs2)NC(=S)N1. The van der Waals surface area contributed by atoms with E-state index in [2.05, 4.69) is 31.9 Å². The van der Waals surface area contributed by atoms with E-state index in [1.165, 1.54) is 0 Å². The highest BCUT2D eigenvalue weighted by Gasteiger charge is 2.30. The summed E-state index contributed by atoms with van der Waals surface area (Å²) in [6.07, 6.45) is 0. The molecule has 0 aliphatic carbocycles. The summed E-state index contributed by atoms with van der Waals surface area (Å²) < 4.78 is 0.966. The predicted molar refractivity (Wildman–Crippen MR) is 101 cm³/mol. The second-order valence-corrected chi connectivity index (χ2v) is 7.35. The van der Waals surface area contributed by atoms with Crippen LogP contribution in [0.3, 0.4) is 0 Å². The van der Waals surface area contributed by atoms with Crippen LogP contribution in [0.15, 0.2) is 57.5 Å². The summed E-state index contributed by atoms with van der Waals surface area (Å²) in [6, 6.07) is 11.2. The average Bonchev–Trinajstić information content (AvgIpc) is 3.03. The topological polar surface area (TPSA) is 53.2 Å². The van der Waals surface area contributed by atoms with Crippen LogP contribution in [0.4, 0.5) is 5.69 Å². The quantitative estimate of drug-likeness (QED) is 0.674. The van der Waals surface area contributed by atoms with Crippen LogP contribution in [0.5, 0.6) is 0 Å². The van der Waals surface area contributed by atoms with Crippen molar-refractivity contribution in [2.24, 2.45) is 0 Å². The number of benzene rings is 1. The molecule has 1 aliphatic heterocycles. The lowest BCUT2D eigenvalue weighted by atomic mass is 10.0. The Hall–Kier alpha value is -1.70. The van der Waals surface area contributed by atoms with Crippen molar-refractivity contribution in [2.75, 3.05) is 5.32 Å². The Morgan fingerprint density at radius 3 is 2.70 bits per heavy atom. The average molecular weight is 408 g/mol. The molecule has 0 saturated heterocycles. The van der Waals surface area contributed by atoms with Gasteiger partial charge in [-0.1, -0.05) is 22.0 Å². The number of halogens is 1. The van der Waals surface area contributed by atoms with Gasteiger partial charge in [0, 0.05) is 20.7 Å². The van der Waals surface area contributed by atoms with Crippen LogP contribution in [0.2, 0.25) is 0 Å². The molecule has 0 fully saturated rings. The first-order valence-corrected chi connectivity index (χ1v) is 9.01. The van der Waals surface area contributed by atoms with Gasteiger partial charge in [0.1, 0.15) is 0 Å². The lowest BCUT2D eigenvalue weighted by Crippen LogP contribution is -2.45. The van der Waals surface area contributed by atoms with E-state index in [4.69, 9.17) is 12.2 Å². The van der Waals surface area contributed by atoms with Crippen molar-refractivity contribution in [3.8, 4) is 0 Å². The number of hydrogen-bond donors (Lipinski definition) is 3. The zero-order valence-corrected chi connectivity index (χ0v) is 15.4. The van der Waals surface area contributed by atoms with E-state index in [9.17, 15) is 4.79 Å². The third-order valence-corrected chi connectivity index (χ3v) is 5.13. The minimum Gasteiger partial charge on any atom is -0.350 e. The van der Waals surface area contributed by atoms with Gasteiger partial charge in [0.2, 0.25) is 0 Å².